The van der Waals surface area contributed by atoms with Crippen LogP contribution in [0.15, 0.2) is 18.2 Å². The zero-order valence-corrected chi connectivity index (χ0v) is 13.2. The van der Waals surface area contributed by atoms with Gasteiger partial charge in [0.1, 0.15) is 5.75 Å². The number of Topliss-reactive ketones (excluding diaryl/α,β-unsaturated/α-hetero) is 1. The summed E-state index contributed by atoms with van der Waals surface area (Å²) in [4.78, 5) is 26.8. The second-order valence-corrected chi connectivity index (χ2v) is 5.40. The van der Waals surface area contributed by atoms with Crippen molar-refractivity contribution in [1.29, 1.82) is 0 Å². The molecule has 0 aliphatic carbocycles. The summed E-state index contributed by atoms with van der Waals surface area (Å²) in [6, 6.07) is 4.83. The number of benzene rings is 1. The Hall–Kier alpha value is -1.88. The van der Waals surface area contributed by atoms with Crippen LogP contribution in [-0.4, -0.2) is 53.8 Å². The molecule has 0 saturated heterocycles. The van der Waals surface area contributed by atoms with Crippen molar-refractivity contribution in [3.8, 4) is 5.75 Å². The number of carbonyl (C=O) groups is 2. The first-order valence-corrected chi connectivity index (χ1v) is 7.10. The lowest BCUT2D eigenvalue weighted by molar-refractivity contribution is -0.130. The summed E-state index contributed by atoms with van der Waals surface area (Å²) in [7, 11) is 3.45. The molecule has 5 heteroatoms. The molecule has 0 radical (unpaired) electrons. The van der Waals surface area contributed by atoms with E-state index in [1.165, 1.54) is 13.0 Å². The zero-order chi connectivity index (χ0) is 16.0. The molecule has 0 aliphatic heterocycles. The van der Waals surface area contributed by atoms with Gasteiger partial charge in [-0.15, -0.1) is 0 Å². The molecule has 0 fully saturated rings. The fourth-order valence-corrected chi connectivity index (χ4v) is 2.03. The van der Waals surface area contributed by atoms with Gasteiger partial charge in [-0.1, -0.05) is 6.92 Å². The summed E-state index contributed by atoms with van der Waals surface area (Å²) in [5.74, 6) is 0.131. The summed E-state index contributed by atoms with van der Waals surface area (Å²) in [5, 5.41) is 9.94. The fraction of sp³-hybridized carbons (Fsp3) is 0.500. The predicted octanol–water partition coefficient (Wildman–Crippen LogP) is 1.90. The number of likely N-dealkylation sites (N-methyl/N-ethyl adjacent to an activating group) is 1. The van der Waals surface area contributed by atoms with Gasteiger partial charge in [0.05, 0.1) is 6.54 Å². The normalized spacial score (nSPS) is 10.7. The topological polar surface area (TPSA) is 60.9 Å². The first-order valence-electron chi connectivity index (χ1n) is 7.10. The van der Waals surface area contributed by atoms with Gasteiger partial charge in [0.2, 0.25) is 5.91 Å². The molecule has 1 N–H and O–H groups in total. The van der Waals surface area contributed by atoms with Crippen molar-refractivity contribution in [1.82, 2.24) is 9.80 Å². The Morgan fingerprint density at radius 1 is 1.24 bits per heavy atom. The summed E-state index contributed by atoms with van der Waals surface area (Å²) >= 11 is 0. The summed E-state index contributed by atoms with van der Waals surface area (Å²) < 4.78 is 0. The van der Waals surface area contributed by atoms with Gasteiger partial charge in [0, 0.05) is 31.8 Å². The maximum Gasteiger partial charge on any atom is 0.236 e. The van der Waals surface area contributed by atoms with Gasteiger partial charge >= 0.3 is 0 Å². The van der Waals surface area contributed by atoms with E-state index >= 15 is 0 Å². The molecule has 1 aromatic carbocycles. The molecule has 1 aromatic rings. The van der Waals surface area contributed by atoms with Crippen LogP contribution < -0.4 is 0 Å². The van der Waals surface area contributed by atoms with Crippen molar-refractivity contribution in [3.63, 3.8) is 0 Å². The Morgan fingerprint density at radius 2 is 1.90 bits per heavy atom. The summed E-state index contributed by atoms with van der Waals surface area (Å²) in [5.41, 5.74) is 1.24. The van der Waals surface area contributed by atoms with E-state index in [1.54, 1.807) is 31.1 Å². The third kappa shape index (κ3) is 5.19. The molecule has 0 aromatic heterocycles. The maximum absolute atomic E-state index is 11.8. The molecule has 0 aliphatic rings. The van der Waals surface area contributed by atoms with Crippen molar-refractivity contribution >= 4 is 11.7 Å². The van der Waals surface area contributed by atoms with Crippen molar-refractivity contribution in [2.75, 3.05) is 27.2 Å². The number of hydrogen-bond donors (Lipinski definition) is 1. The van der Waals surface area contributed by atoms with Crippen LogP contribution in [0.1, 0.15) is 36.2 Å². The number of amides is 1. The van der Waals surface area contributed by atoms with Crippen molar-refractivity contribution in [2.45, 2.75) is 26.8 Å². The second-order valence-electron chi connectivity index (χ2n) is 5.40. The Balaban J connectivity index is 2.90. The van der Waals surface area contributed by atoms with Gasteiger partial charge in [-0.2, -0.15) is 0 Å². The smallest absolute Gasteiger partial charge is 0.236 e. The second kappa shape index (κ2) is 7.78. The highest BCUT2D eigenvalue weighted by Gasteiger charge is 2.14. The molecule has 0 bridgehead atoms. The number of carbonyl (C=O) groups excluding carboxylic acids is 2. The minimum atomic E-state index is -0.0392. The number of ketones is 1. The first kappa shape index (κ1) is 17.2. The summed E-state index contributed by atoms with van der Waals surface area (Å²) in [6.45, 7) is 5.03. The number of phenols is 1. The van der Waals surface area contributed by atoms with E-state index in [0.717, 1.165) is 13.0 Å². The van der Waals surface area contributed by atoms with Crippen LogP contribution in [0.2, 0.25) is 0 Å². The average Bonchev–Trinajstić information content (AvgIpc) is 2.40. The largest absolute Gasteiger partial charge is 0.508 e. The van der Waals surface area contributed by atoms with Crippen molar-refractivity contribution in [3.05, 3.63) is 29.3 Å². The zero-order valence-electron chi connectivity index (χ0n) is 13.2. The number of rotatable bonds is 7. The highest BCUT2D eigenvalue weighted by atomic mass is 16.3. The van der Waals surface area contributed by atoms with E-state index in [0.29, 0.717) is 24.2 Å². The first-order chi connectivity index (χ1) is 9.85. The maximum atomic E-state index is 11.8. The molecule has 1 amide bonds. The minimum absolute atomic E-state index is 0.0191. The number of nitrogens with zero attached hydrogens (tertiary/aromatic N) is 2. The highest BCUT2D eigenvalue weighted by molar-refractivity contribution is 5.94. The van der Waals surface area contributed by atoms with Crippen LogP contribution in [-0.2, 0) is 11.3 Å². The molecule has 0 atom stereocenters. The molecule has 116 valence electrons. The van der Waals surface area contributed by atoms with E-state index in [2.05, 4.69) is 0 Å². The van der Waals surface area contributed by atoms with Crippen LogP contribution >= 0.6 is 0 Å². The third-order valence-corrected chi connectivity index (χ3v) is 3.28. The van der Waals surface area contributed by atoms with E-state index < -0.39 is 0 Å². The molecular weight excluding hydrogens is 268 g/mol. The van der Waals surface area contributed by atoms with E-state index in [-0.39, 0.29) is 17.4 Å². The Kier molecular flexibility index (Phi) is 6.37. The number of aromatic hydroxyl groups is 1. The lowest BCUT2D eigenvalue weighted by atomic mass is 10.1. The van der Waals surface area contributed by atoms with Crippen molar-refractivity contribution < 1.29 is 14.7 Å². The monoisotopic (exact) mass is 292 g/mol. The lowest BCUT2D eigenvalue weighted by Gasteiger charge is -2.23. The number of phenolic OH excluding ortho intramolecular Hbond substituents is 1. The molecule has 0 heterocycles. The Morgan fingerprint density at radius 3 is 2.43 bits per heavy atom. The van der Waals surface area contributed by atoms with Gasteiger partial charge in [-0.05, 0) is 38.1 Å². The van der Waals surface area contributed by atoms with Gasteiger partial charge in [0.25, 0.3) is 0 Å². The van der Waals surface area contributed by atoms with Crippen LogP contribution in [0.4, 0.5) is 0 Å². The molecule has 0 saturated carbocycles. The SMILES string of the molecule is CCCN(CC(=O)N(C)C)Cc1cc(C(C)=O)ccc1O. The van der Waals surface area contributed by atoms with E-state index in [1.807, 2.05) is 11.8 Å². The highest BCUT2D eigenvalue weighted by Crippen LogP contribution is 2.21. The molecule has 21 heavy (non-hydrogen) atoms. The van der Waals surface area contributed by atoms with Crippen molar-refractivity contribution in [2.24, 2.45) is 0 Å². The van der Waals surface area contributed by atoms with Gasteiger partial charge < -0.3 is 10.0 Å². The van der Waals surface area contributed by atoms with Gasteiger partial charge in [0.15, 0.2) is 5.78 Å². The summed E-state index contributed by atoms with van der Waals surface area (Å²) in [6.07, 6.45) is 0.911. The van der Waals surface area contributed by atoms with Crippen LogP contribution in [0.5, 0.6) is 5.75 Å². The van der Waals surface area contributed by atoms with E-state index in [9.17, 15) is 14.7 Å². The quantitative estimate of drug-likeness (QED) is 0.780. The molecule has 1 rings (SSSR count). The average molecular weight is 292 g/mol. The Labute approximate surface area is 126 Å². The van der Waals surface area contributed by atoms with Crippen LogP contribution in [0.3, 0.4) is 0 Å². The fourth-order valence-electron chi connectivity index (χ4n) is 2.03. The van der Waals surface area contributed by atoms with Gasteiger partial charge in [-0.25, -0.2) is 0 Å². The molecule has 5 nitrogen and oxygen atoms in total. The van der Waals surface area contributed by atoms with Gasteiger partial charge in [-0.3, -0.25) is 14.5 Å². The number of hydrogen-bond acceptors (Lipinski definition) is 4. The molecule has 0 spiro atoms. The third-order valence-electron chi connectivity index (χ3n) is 3.28. The standard InChI is InChI=1S/C16H24N2O3/c1-5-8-18(11-16(21)17(3)4)10-14-9-13(12(2)19)6-7-15(14)20/h6-7,9,20H,5,8,10-11H2,1-4H3. The Bertz CT molecular complexity index is 512. The van der Waals surface area contributed by atoms with Crippen LogP contribution in [0.25, 0.3) is 0 Å². The van der Waals surface area contributed by atoms with Crippen LogP contribution in [0, 0.1) is 0 Å². The minimum Gasteiger partial charge on any atom is -0.508 e. The lowest BCUT2D eigenvalue weighted by Crippen LogP contribution is -2.36. The molecular formula is C16H24N2O3. The molecule has 0 unspecified atom stereocenters. The predicted molar refractivity (Wildman–Crippen MR) is 82.4 cm³/mol. The van der Waals surface area contributed by atoms with E-state index in [4.69, 9.17) is 0 Å².